The van der Waals surface area contributed by atoms with Crippen LogP contribution in [0, 0.1) is 11.3 Å². The molecule has 0 fully saturated rings. The number of benzene rings is 1. The minimum atomic E-state index is -0.476. The number of hydrogen-bond acceptors (Lipinski definition) is 3. The van der Waals surface area contributed by atoms with Crippen LogP contribution in [-0.2, 0) is 4.79 Å². The minimum Gasteiger partial charge on any atom is -0.479 e. The third-order valence-corrected chi connectivity index (χ3v) is 2.04. The summed E-state index contributed by atoms with van der Waals surface area (Å²) in [6.07, 6.45) is -0.476. The van der Waals surface area contributed by atoms with Gasteiger partial charge in [0.2, 0.25) is 0 Å². The van der Waals surface area contributed by atoms with E-state index in [1.165, 1.54) is 0 Å². The molecule has 0 saturated carbocycles. The number of ether oxygens (including phenoxy) is 1. The van der Waals surface area contributed by atoms with E-state index in [9.17, 15) is 4.79 Å². The van der Waals surface area contributed by atoms with Crippen molar-refractivity contribution in [1.29, 1.82) is 5.26 Å². The summed E-state index contributed by atoms with van der Waals surface area (Å²) in [5.41, 5.74) is 1.06. The molecule has 0 unspecified atom stereocenters. The summed E-state index contributed by atoms with van der Waals surface area (Å²) < 4.78 is 5.32. The molecule has 1 atom stereocenters. The van der Waals surface area contributed by atoms with Crippen molar-refractivity contribution in [3.63, 3.8) is 0 Å². The first-order chi connectivity index (χ1) is 6.70. The van der Waals surface area contributed by atoms with Gasteiger partial charge in [0.15, 0.2) is 6.10 Å². The van der Waals surface area contributed by atoms with Gasteiger partial charge in [0.1, 0.15) is 5.75 Å². The van der Waals surface area contributed by atoms with Crippen molar-refractivity contribution in [1.82, 2.24) is 0 Å². The fourth-order valence-corrected chi connectivity index (χ4v) is 1.28. The predicted octanol–water partition coefficient (Wildman–Crippen LogP) is 1.28. The van der Waals surface area contributed by atoms with Gasteiger partial charge >= 0.3 is 0 Å². The van der Waals surface area contributed by atoms with Crippen molar-refractivity contribution in [2.45, 2.75) is 13.0 Å². The van der Waals surface area contributed by atoms with Crippen LogP contribution < -0.4 is 10.1 Å². The standard InChI is InChI=1S/C10H8N2O2/c1-6-10(13)12-8-4-7(5-11)2-3-9(8)14-6/h2-4,6H,1H3,(H,12,13)/t6-/m1/s1. The van der Waals surface area contributed by atoms with E-state index in [0.29, 0.717) is 17.0 Å². The summed E-state index contributed by atoms with van der Waals surface area (Å²) in [4.78, 5) is 11.2. The molecule has 1 aliphatic heterocycles. The van der Waals surface area contributed by atoms with E-state index in [1.54, 1.807) is 25.1 Å². The molecule has 0 aromatic heterocycles. The zero-order valence-corrected chi connectivity index (χ0v) is 7.57. The van der Waals surface area contributed by atoms with Gasteiger partial charge in [0.25, 0.3) is 5.91 Å². The largest absolute Gasteiger partial charge is 0.479 e. The van der Waals surface area contributed by atoms with Crippen molar-refractivity contribution in [3.8, 4) is 11.8 Å². The second-order valence-corrected chi connectivity index (χ2v) is 3.07. The topological polar surface area (TPSA) is 62.1 Å². The normalized spacial score (nSPS) is 18.9. The van der Waals surface area contributed by atoms with Crippen LogP contribution in [0.4, 0.5) is 5.69 Å². The molecule has 1 aromatic rings. The third kappa shape index (κ3) is 1.29. The zero-order chi connectivity index (χ0) is 10.1. The monoisotopic (exact) mass is 188 g/mol. The molecule has 0 spiro atoms. The molecule has 1 aliphatic rings. The van der Waals surface area contributed by atoms with Gasteiger partial charge in [-0.2, -0.15) is 5.26 Å². The number of nitrogens with one attached hydrogen (secondary N) is 1. The number of anilines is 1. The average molecular weight is 188 g/mol. The van der Waals surface area contributed by atoms with Crippen LogP contribution in [0.5, 0.6) is 5.75 Å². The highest BCUT2D eigenvalue weighted by atomic mass is 16.5. The second kappa shape index (κ2) is 3.04. The molecule has 4 heteroatoms. The molecule has 1 N–H and O–H groups in total. The third-order valence-electron chi connectivity index (χ3n) is 2.04. The van der Waals surface area contributed by atoms with E-state index in [-0.39, 0.29) is 5.91 Å². The molecule has 1 amide bonds. The highest BCUT2D eigenvalue weighted by Gasteiger charge is 2.23. The van der Waals surface area contributed by atoms with Gasteiger partial charge in [-0.25, -0.2) is 0 Å². The van der Waals surface area contributed by atoms with Crippen molar-refractivity contribution in [2.75, 3.05) is 5.32 Å². The lowest BCUT2D eigenvalue weighted by atomic mass is 10.1. The van der Waals surface area contributed by atoms with E-state index < -0.39 is 6.10 Å². The quantitative estimate of drug-likeness (QED) is 0.667. The van der Waals surface area contributed by atoms with Crippen LogP contribution in [0.2, 0.25) is 0 Å². The smallest absolute Gasteiger partial charge is 0.265 e. The number of nitrogens with zero attached hydrogens (tertiary/aromatic N) is 1. The maximum Gasteiger partial charge on any atom is 0.265 e. The Balaban J connectivity index is 2.44. The highest BCUT2D eigenvalue weighted by Crippen LogP contribution is 2.29. The van der Waals surface area contributed by atoms with Crippen LogP contribution in [0.1, 0.15) is 12.5 Å². The Bertz CT molecular complexity index is 434. The summed E-state index contributed by atoms with van der Waals surface area (Å²) in [6, 6.07) is 6.93. The Morgan fingerprint density at radius 2 is 2.36 bits per heavy atom. The minimum absolute atomic E-state index is 0.187. The van der Waals surface area contributed by atoms with Gasteiger partial charge in [0.05, 0.1) is 17.3 Å². The Morgan fingerprint density at radius 3 is 3.07 bits per heavy atom. The lowest BCUT2D eigenvalue weighted by Gasteiger charge is -2.23. The predicted molar refractivity (Wildman–Crippen MR) is 49.9 cm³/mol. The van der Waals surface area contributed by atoms with Gasteiger partial charge in [-0.05, 0) is 25.1 Å². The molecule has 2 rings (SSSR count). The molecule has 0 bridgehead atoms. The number of carbonyl (C=O) groups is 1. The van der Waals surface area contributed by atoms with E-state index in [0.717, 1.165) is 0 Å². The van der Waals surface area contributed by atoms with Gasteiger partial charge < -0.3 is 10.1 Å². The summed E-state index contributed by atoms with van der Waals surface area (Å²) in [7, 11) is 0. The molecular weight excluding hydrogens is 180 g/mol. The van der Waals surface area contributed by atoms with Crippen LogP contribution in [0.3, 0.4) is 0 Å². The fraction of sp³-hybridized carbons (Fsp3) is 0.200. The first-order valence-corrected chi connectivity index (χ1v) is 4.22. The van der Waals surface area contributed by atoms with Crippen LogP contribution in [0.25, 0.3) is 0 Å². The maximum absolute atomic E-state index is 11.2. The summed E-state index contributed by atoms with van der Waals surface area (Å²) in [5.74, 6) is 0.420. The number of fused-ring (bicyclic) bond motifs is 1. The SMILES string of the molecule is C[C@H]1Oc2ccc(C#N)cc2NC1=O. The number of hydrogen-bond donors (Lipinski definition) is 1. The number of amides is 1. The molecule has 1 heterocycles. The molecule has 4 nitrogen and oxygen atoms in total. The molecule has 0 saturated heterocycles. The second-order valence-electron chi connectivity index (χ2n) is 3.07. The first-order valence-electron chi connectivity index (χ1n) is 4.22. The molecule has 0 aliphatic carbocycles. The molecule has 1 aromatic carbocycles. The van der Waals surface area contributed by atoms with E-state index in [2.05, 4.69) is 5.32 Å². The Morgan fingerprint density at radius 1 is 1.57 bits per heavy atom. The summed E-state index contributed by atoms with van der Waals surface area (Å²) in [6.45, 7) is 1.68. The fourth-order valence-electron chi connectivity index (χ4n) is 1.28. The summed E-state index contributed by atoms with van der Waals surface area (Å²) >= 11 is 0. The zero-order valence-electron chi connectivity index (χ0n) is 7.57. The van der Waals surface area contributed by atoms with Gasteiger partial charge in [-0.15, -0.1) is 0 Å². The van der Waals surface area contributed by atoms with Crippen LogP contribution >= 0.6 is 0 Å². The van der Waals surface area contributed by atoms with E-state index in [1.807, 2.05) is 6.07 Å². The van der Waals surface area contributed by atoms with E-state index in [4.69, 9.17) is 10.00 Å². The van der Waals surface area contributed by atoms with Gasteiger partial charge in [0, 0.05) is 0 Å². The van der Waals surface area contributed by atoms with Crippen LogP contribution in [0.15, 0.2) is 18.2 Å². The van der Waals surface area contributed by atoms with Crippen molar-refractivity contribution >= 4 is 11.6 Å². The Kier molecular flexibility index (Phi) is 1.86. The molecule has 14 heavy (non-hydrogen) atoms. The number of nitriles is 1. The molecule has 70 valence electrons. The van der Waals surface area contributed by atoms with Gasteiger partial charge in [-0.1, -0.05) is 0 Å². The van der Waals surface area contributed by atoms with Crippen LogP contribution in [-0.4, -0.2) is 12.0 Å². The summed E-state index contributed by atoms with van der Waals surface area (Å²) in [5, 5.41) is 11.3. The van der Waals surface area contributed by atoms with Crippen molar-refractivity contribution < 1.29 is 9.53 Å². The van der Waals surface area contributed by atoms with Gasteiger partial charge in [-0.3, -0.25) is 4.79 Å². The van der Waals surface area contributed by atoms with E-state index >= 15 is 0 Å². The highest BCUT2D eigenvalue weighted by molar-refractivity contribution is 5.97. The van der Waals surface area contributed by atoms with Crippen molar-refractivity contribution in [3.05, 3.63) is 23.8 Å². The average Bonchev–Trinajstić information content (AvgIpc) is 2.19. The Hall–Kier alpha value is -2.02. The lowest BCUT2D eigenvalue weighted by molar-refractivity contribution is -0.122. The first kappa shape index (κ1) is 8.57. The maximum atomic E-state index is 11.2. The number of carbonyl (C=O) groups excluding carboxylic acids is 1. The van der Waals surface area contributed by atoms with Crippen molar-refractivity contribution in [2.24, 2.45) is 0 Å². The molecule has 0 radical (unpaired) electrons. The molecular formula is C10H8N2O2. The lowest BCUT2D eigenvalue weighted by Crippen LogP contribution is -2.34. The number of rotatable bonds is 0. The Labute approximate surface area is 81.1 Å².